The normalized spacial score (nSPS) is 12.2. The van der Waals surface area contributed by atoms with Gasteiger partial charge in [0.05, 0.1) is 11.9 Å². The van der Waals surface area contributed by atoms with Gasteiger partial charge in [-0.3, -0.25) is 4.21 Å². The van der Waals surface area contributed by atoms with Crippen LogP contribution in [0.5, 0.6) is 0 Å². The van der Waals surface area contributed by atoms with Crippen molar-refractivity contribution >= 4 is 10.8 Å². The van der Waals surface area contributed by atoms with Crippen LogP contribution in [0.4, 0.5) is 0 Å². The molecule has 1 unspecified atom stereocenters. The molecule has 0 amide bonds. The van der Waals surface area contributed by atoms with Crippen LogP contribution in [0.1, 0.15) is 27.5 Å². The Labute approximate surface area is 145 Å². The van der Waals surface area contributed by atoms with Gasteiger partial charge in [0.2, 0.25) is 0 Å². The van der Waals surface area contributed by atoms with Crippen molar-refractivity contribution in [3.05, 3.63) is 107 Å². The molecule has 122 valence electrons. The molecule has 0 saturated carbocycles. The second-order valence-electron chi connectivity index (χ2n) is 5.70. The summed E-state index contributed by atoms with van der Waals surface area (Å²) in [5, 5.41) is 8.99. The fourth-order valence-electron chi connectivity index (χ4n) is 2.74. The fraction of sp³-hybridized carbons (Fsp3) is 0.143. The number of benzene rings is 3. The fourth-order valence-corrected chi connectivity index (χ4v) is 4.35. The Morgan fingerprint density at radius 1 is 0.708 bits per heavy atom. The monoisotopic (exact) mass is 336 g/mol. The predicted octanol–water partition coefficient (Wildman–Crippen LogP) is 4.22. The number of aliphatic hydroxyl groups excluding tert-OH is 1. The van der Waals surface area contributed by atoms with E-state index >= 15 is 0 Å². The molecule has 0 aliphatic rings. The first-order valence-corrected chi connectivity index (χ1v) is 9.32. The van der Waals surface area contributed by atoms with E-state index < -0.39 is 10.8 Å². The van der Waals surface area contributed by atoms with Gasteiger partial charge in [-0.2, -0.15) is 0 Å². The van der Waals surface area contributed by atoms with Gasteiger partial charge in [0.25, 0.3) is 0 Å². The first kappa shape index (κ1) is 16.6. The van der Waals surface area contributed by atoms with Crippen LogP contribution in [-0.2, 0) is 23.2 Å². The maximum atomic E-state index is 13.1. The summed E-state index contributed by atoms with van der Waals surface area (Å²) in [6.07, 6.45) is 0. The van der Waals surface area contributed by atoms with Gasteiger partial charge in [0, 0.05) is 16.6 Å². The van der Waals surface area contributed by atoms with Crippen LogP contribution in [0.2, 0.25) is 0 Å². The third-order valence-corrected chi connectivity index (χ3v) is 5.67. The quantitative estimate of drug-likeness (QED) is 0.732. The van der Waals surface area contributed by atoms with Crippen molar-refractivity contribution in [2.45, 2.75) is 17.6 Å². The zero-order valence-electron chi connectivity index (χ0n) is 13.3. The van der Waals surface area contributed by atoms with Crippen molar-refractivity contribution in [2.75, 3.05) is 0 Å². The van der Waals surface area contributed by atoms with Crippen LogP contribution in [0.25, 0.3) is 0 Å². The molecule has 0 saturated heterocycles. The summed E-state index contributed by atoms with van der Waals surface area (Å²) in [6, 6.07) is 27.7. The third-order valence-electron chi connectivity index (χ3n) is 3.98. The van der Waals surface area contributed by atoms with E-state index in [-0.39, 0.29) is 11.9 Å². The van der Waals surface area contributed by atoms with Crippen molar-refractivity contribution in [3.8, 4) is 0 Å². The van der Waals surface area contributed by atoms with Crippen molar-refractivity contribution < 1.29 is 9.32 Å². The molecule has 0 radical (unpaired) electrons. The molecule has 0 fully saturated rings. The Morgan fingerprint density at radius 3 is 1.62 bits per heavy atom. The first-order valence-electron chi connectivity index (χ1n) is 7.93. The Morgan fingerprint density at radius 2 is 1.17 bits per heavy atom. The predicted molar refractivity (Wildman–Crippen MR) is 98.9 cm³/mol. The zero-order chi connectivity index (χ0) is 16.8. The summed E-state index contributed by atoms with van der Waals surface area (Å²) in [4.78, 5) is 0. The second-order valence-corrected chi connectivity index (χ2v) is 7.22. The number of hydrogen-bond donors (Lipinski definition) is 1. The van der Waals surface area contributed by atoms with Crippen LogP contribution in [-0.4, -0.2) is 9.32 Å². The molecular weight excluding hydrogens is 316 g/mol. The minimum absolute atomic E-state index is 0.0278. The van der Waals surface area contributed by atoms with Gasteiger partial charge in [-0.25, -0.2) is 0 Å². The lowest BCUT2D eigenvalue weighted by molar-refractivity contribution is 0.282. The van der Waals surface area contributed by atoms with Crippen LogP contribution >= 0.6 is 0 Å². The smallest absolute Gasteiger partial charge is 0.0850 e. The largest absolute Gasteiger partial charge is 0.392 e. The highest BCUT2D eigenvalue weighted by Gasteiger charge is 2.21. The molecule has 3 rings (SSSR count). The van der Waals surface area contributed by atoms with Crippen molar-refractivity contribution in [1.29, 1.82) is 0 Å². The van der Waals surface area contributed by atoms with Gasteiger partial charge in [-0.05, 0) is 22.3 Å². The van der Waals surface area contributed by atoms with E-state index in [1.165, 1.54) is 0 Å². The lowest BCUT2D eigenvalue weighted by Gasteiger charge is -2.18. The van der Waals surface area contributed by atoms with E-state index in [2.05, 4.69) is 0 Å². The molecule has 3 heteroatoms. The molecule has 0 heterocycles. The molecule has 0 aliphatic heterocycles. The van der Waals surface area contributed by atoms with Crippen molar-refractivity contribution in [1.82, 2.24) is 0 Å². The standard InChI is InChI=1S/C21H20O2S/c22-15-17-11-13-18(14-12-17)16-24(23)21(19-7-3-1-4-8-19)20-9-5-2-6-10-20/h1-14,21-22H,15-16H2. The van der Waals surface area contributed by atoms with E-state index in [0.29, 0.717) is 5.75 Å². The molecule has 1 atom stereocenters. The maximum absolute atomic E-state index is 13.1. The first-order chi connectivity index (χ1) is 11.8. The van der Waals surface area contributed by atoms with Crippen molar-refractivity contribution in [2.24, 2.45) is 0 Å². The third kappa shape index (κ3) is 3.99. The summed E-state index contributed by atoms with van der Waals surface area (Å²) in [7, 11) is -1.08. The molecule has 0 aromatic heterocycles. The summed E-state index contributed by atoms with van der Waals surface area (Å²) in [5.74, 6) is 0.486. The van der Waals surface area contributed by atoms with Crippen LogP contribution in [0.3, 0.4) is 0 Å². The van der Waals surface area contributed by atoms with E-state index in [0.717, 1.165) is 22.3 Å². The van der Waals surface area contributed by atoms with Crippen molar-refractivity contribution in [3.63, 3.8) is 0 Å². The molecular formula is C21H20O2S. The number of rotatable bonds is 6. The molecule has 3 aromatic rings. The van der Waals surface area contributed by atoms with Gasteiger partial charge in [0.1, 0.15) is 0 Å². The molecule has 3 aromatic carbocycles. The number of aliphatic hydroxyl groups is 1. The van der Waals surface area contributed by atoms with Gasteiger partial charge >= 0.3 is 0 Å². The Hall–Kier alpha value is -2.23. The summed E-state index contributed by atoms with van der Waals surface area (Å²) < 4.78 is 13.1. The van der Waals surface area contributed by atoms with Gasteiger partial charge in [0.15, 0.2) is 0 Å². The van der Waals surface area contributed by atoms with Crippen LogP contribution in [0.15, 0.2) is 84.9 Å². The van der Waals surface area contributed by atoms with Gasteiger partial charge in [-0.15, -0.1) is 0 Å². The lowest BCUT2D eigenvalue weighted by atomic mass is 10.0. The Balaban J connectivity index is 1.89. The summed E-state index contributed by atoms with van der Waals surface area (Å²) >= 11 is 0. The van der Waals surface area contributed by atoms with E-state index in [4.69, 9.17) is 5.11 Å². The average Bonchev–Trinajstić information content (AvgIpc) is 2.64. The van der Waals surface area contributed by atoms with Gasteiger partial charge < -0.3 is 5.11 Å². The van der Waals surface area contributed by atoms with Crippen LogP contribution < -0.4 is 0 Å². The summed E-state index contributed by atoms with van der Waals surface area (Å²) in [5.41, 5.74) is 4.01. The highest BCUT2D eigenvalue weighted by atomic mass is 32.2. The Bertz CT molecular complexity index is 744. The highest BCUT2D eigenvalue weighted by Crippen LogP contribution is 2.29. The minimum Gasteiger partial charge on any atom is -0.392 e. The van der Waals surface area contributed by atoms with Gasteiger partial charge in [-0.1, -0.05) is 84.9 Å². The molecule has 0 aliphatic carbocycles. The molecule has 24 heavy (non-hydrogen) atoms. The molecule has 2 nitrogen and oxygen atoms in total. The lowest BCUT2D eigenvalue weighted by Crippen LogP contribution is -2.10. The van der Waals surface area contributed by atoms with E-state index in [9.17, 15) is 4.21 Å². The van der Waals surface area contributed by atoms with E-state index in [1.807, 2.05) is 84.9 Å². The minimum atomic E-state index is -1.08. The second kappa shape index (κ2) is 8.04. The molecule has 0 spiro atoms. The summed E-state index contributed by atoms with van der Waals surface area (Å²) in [6.45, 7) is 0.0278. The average molecular weight is 336 g/mol. The SMILES string of the molecule is O=S(Cc1ccc(CO)cc1)C(c1ccccc1)c1ccccc1. The highest BCUT2D eigenvalue weighted by molar-refractivity contribution is 7.84. The maximum Gasteiger partial charge on any atom is 0.0850 e. The number of hydrogen-bond acceptors (Lipinski definition) is 2. The zero-order valence-corrected chi connectivity index (χ0v) is 14.2. The van der Waals surface area contributed by atoms with Crippen LogP contribution in [0, 0.1) is 0 Å². The topological polar surface area (TPSA) is 37.3 Å². The van der Waals surface area contributed by atoms with E-state index in [1.54, 1.807) is 0 Å². The molecule has 1 N–H and O–H groups in total. The molecule has 0 bridgehead atoms. The Kier molecular flexibility index (Phi) is 5.57.